The second-order valence-corrected chi connectivity index (χ2v) is 4.36. The van der Waals surface area contributed by atoms with E-state index >= 15 is 0 Å². The Kier molecular flexibility index (Phi) is 3.18. The Morgan fingerprint density at radius 3 is 2.82 bits per heavy atom. The Hall–Kier alpha value is -1.77. The smallest absolute Gasteiger partial charge is 0.244 e. The van der Waals surface area contributed by atoms with E-state index in [4.69, 9.17) is 4.74 Å². The molecule has 1 aliphatic rings. The molecule has 3 nitrogen and oxygen atoms in total. The van der Waals surface area contributed by atoms with E-state index in [1.807, 2.05) is 24.3 Å². The number of carbonyl (C=O) groups is 1. The molecule has 1 aromatic carbocycles. The molecule has 2 rings (SSSR count). The van der Waals surface area contributed by atoms with Crippen molar-refractivity contribution in [3.63, 3.8) is 0 Å². The molecule has 0 aliphatic heterocycles. The minimum atomic E-state index is -0.222. The van der Waals surface area contributed by atoms with Gasteiger partial charge in [0.15, 0.2) is 0 Å². The maximum atomic E-state index is 11.5. The molecule has 0 heterocycles. The SMILES string of the molecule is C=CC(=O)NC1(c2cccc(OC)c2)CCC1. The van der Waals surface area contributed by atoms with Gasteiger partial charge in [-0.15, -0.1) is 0 Å². The van der Waals surface area contributed by atoms with Gasteiger partial charge in [-0.05, 0) is 43.0 Å². The minimum absolute atomic E-state index is 0.118. The van der Waals surface area contributed by atoms with Gasteiger partial charge in [0.25, 0.3) is 0 Å². The molecule has 1 aromatic rings. The van der Waals surface area contributed by atoms with E-state index in [0.717, 1.165) is 30.6 Å². The number of carbonyl (C=O) groups excluding carboxylic acids is 1. The normalized spacial score (nSPS) is 16.8. The molecule has 0 bridgehead atoms. The third-order valence-electron chi connectivity index (χ3n) is 3.38. The van der Waals surface area contributed by atoms with E-state index in [0.29, 0.717) is 0 Å². The fourth-order valence-electron chi connectivity index (χ4n) is 2.22. The monoisotopic (exact) mass is 231 g/mol. The molecule has 3 heteroatoms. The van der Waals surface area contributed by atoms with Gasteiger partial charge in [0.1, 0.15) is 5.75 Å². The predicted octanol–water partition coefficient (Wildman–Crippen LogP) is 2.38. The maximum Gasteiger partial charge on any atom is 0.244 e. The molecule has 1 saturated carbocycles. The molecule has 1 aliphatic carbocycles. The van der Waals surface area contributed by atoms with Crippen molar-refractivity contribution in [2.75, 3.05) is 7.11 Å². The number of amides is 1. The number of methoxy groups -OCH3 is 1. The number of rotatable bonds is 4. The Balaban J connectivity index is 2.27. The van der Waals surface area contributed by atoms with E-state index in [-0.39, 0.29) is 11.4 Å². The van der Waals surface area contributed by atoms with Gasteiger partial charge in [-0.3, -0.25) is 4.79 Å². The van der Waals surface area contributed by atoms with Gasteiger partial charge in [0.05, 0.1) is 12.6 Å². The van der Waals surface area contributed by atoms with Crippen LogP contribution >= 0.6 is 0 Å². The molecule has 0 radical (unpaired) electrons. The Morgan fingerprint density at radius 2 is 2.29 bits per heavy atom. The van der Waals surface area contributed by atoms with E-state index in [9.17, 15) is 4.79 Å². The quantitative estimate of drug-likeness (QED) is 0.808. The van der Waals surface area contributed by atoms with Crippen molar-refractivity contribution in [2.24, 2.45) is 0 Å². The number of hydrogen-bond donors (Lipinski definition) is 1. The van der Waals surface area contributed by atoms with Gasteiger partial charge in [-0.25, -0.2) is 0 Å². The van der Waals surface area contributed by atoms with Gasteiger partial charge >= 0.3 is 0 Å². The highest BCUT2D eigenvalue weighted by atomic mass is 16.5. The van der Waals surface area contributed by atoms with Gasteiger partial charge in [-0.2, -0.15) is 0 Å². The molecule has 17 heavy (non-hydrogen) atoms. The summed E-state index contributed by atoms with van der Waals surface area (Å²) < 4.78 is 5.22. The summed E-state index contributed by atoms with van der Waals surface area (Å²) in [7, 11) is 1.65. The van der Waals surface area contributed by atoms with Crippen molar-refractivity contribution in [2.45, 2.75) is 24.8 Å². The van der Waals surface area contributed by atoms with Crippen molar-refractivity contribution >= 4 is 5.91 Å². The molecule has 1 amide bonds. The summed E-state index contributed by atoms with van der Waals surface area (Å²) in [6.45, 7) is 3.49. The standard InChI is InChI=1S/C14H17NO2/c1-3-13(16)15-14(8-5-9-14)11-6-4-7-12(10-11)17-2/h3-4,6-7,10H,1,5,8-9H2,2H3,(H,15,16). The molecule has 0 atom stereocenters. The molecule has 1 N–H and O–H groups in total. The molecule has 1 fully saturated rings. The first-order valence-electron chi connectivity index (χ1n) is 5.79. The van der Waals surface area contributed by atoms with Crippen LogP contribution in [0.1, 0.15) is 24.8 Å². The van der Waals surface area contributed by atoms with E-state index < -0.39 is 0 Å². The van der Waals surface area contributed by atoms with Gasteiger partial charge < -0.3 is 10.1 Å². The summed E-state index contributed by atoms with van der Waals surface area (Å²) in [4.78, 5) is 11.5. The van der Waals surface area contributed by atoms with Crippen LogP contribution in [0, 0.1) is 0 Å². The lowest BCUT2D eigenvalue weighted by atomic mass is 9.71. The van der Waals surface area contributed by atoms with Crippen molar-refractivity contribution in [3.8, 4) is 5.75 Å². The van der Waals surface area contributed by atoms with Crippen LogP contribution in [0.3, 0.4) is 0 Å². The first-order chi connectivity index (χ1) is 8.20. The highest BCUT2D eigenvalue weighted by Crippen LogP contribution is 2.42. The average molecular weight is 231 g/mol. The summed E-state index contributed by atoms with van der Waals surface area (Å²) in [6, 6.07) is 7.88. The summed E-state index contributed by atoms with van der Waals surface area (Å²) in [5.74, 6) is 0.703. The fourth-order valence-corrected chi connectivity index (χ4v) is 2.22. The molecule has 0 unspecified atom stereocenters. The maximum absolute atomic E-state index is 11.5. The van der Waals surface area contributed by atoms with Crippen LogP contribution in [0.15, 0.2) is 36.9 Å². The molecule has 0 aromatic heterocycles. The second kappa shape index (κ2) is 4.62. The first kappa shape index (κ1) is 11.7. The third-order valence-corrected chi connectivity index (χ3v) is 3.38. The minimum Gasteiger partial charge on any atom is -0.497 e. The highest BCUT2D eigenvalue weighted by Gasteiger charge is 2.39. The van der Waals surface area contributed by atoms with Crippen LogP contribution in [0.4, 0.5) is 0 Å². The number of hydrogen-bond acceptors (Lipinski definition) is 2. The second-order valence-electron chi connectivity index (χ2n) is 4.36. The zero-order valence-corrected chi connectivity index (χ0v) is 10.0. The van der Waals surface area contributed by atoms with Crippen LogP contribution in [0.2, 0.25) is 0 Å². The molecule has 90 valence electrons. The predicted molar refractivity (Wildman–Crippen MR) is 66.9 cm³/mol. The third kappa shape index (κ3) is 2.18. The van der Waals surface area contributed by atoms with Gasteiger partial charge in [-0.1, -0.05) is 18.7 Å². The Morgan fingerprint density at radius 1 is 1.53 bits per heavy atom. The lowest BCUT2D eigenvalue weighted by Gasteiger charge is -2.43. The number of ether oxygens (including phenoxy) is 1. The zero-order chi connectivity index (χ0) is 12.3. The van der Waals surface area contributed by atoms with Crippen LogP contribution in [-0.4, -0.2) is 13.0 Å². The van der Waals surface area contributed by atoms with Crippen molar-refractivity contribution in [3.05, 3.63) is 42.5 Å². The molecule has 0 spiro atoms. The summed E-state index contributed by atoms with van der Waals surface area (Å²) in [6.07, 6.45) is 4.40. The van der Waals surface area contributed by atoms with Crippen LogP contribution in [-0.2, 0) is 10.3 Å². The number of nitrogens with one attached hydrogen (secondary N) is 1. The topological polar surface area (TPSA) is 38.3 Å². The van der Waals surface area contributed by atoms with Crippen LogP contribution in [0.25, 0.3) is 0 Å². The Bertz CT molecular complexity index is 436. The largest absolute Gasteiger partial charge is 0.497 e. The molecular formula is C14H17NO2. The fraction of sp³-hybridized carbons (Fsp3) is 0.357. The average Bonchev–Trinajstić information content (AvgIpc) is 2.33. The lowest BCUT2D eigenvalue weighted by Crippen LogP contribution is -2.50. The van der Waals surface area contributed by atoms with E-state index in [1.165, 1.54) is 6.08 Å². The van der Waals surface area contributed by atoms with Gasteiger partial charge in [0.2, 0.25) is 5.91 Å². The van der Waals surface area contributed by atoms with Crippen LogP contribution in [0.5, 0.6) is 5.75 Å². The Labute approximate surface area is 101 Å². The summed E-state index contributed by atoms with van der Waals surface area (Å²) >= 11 is 0. The van der Waals surface area contributed by atoms with Gasteiger partial charge in [0, 0.05) is 0 Å². The lowest BCUT2D eigenvalue weighted by molar-refractivity contribution is -0.119. The molecule has 0 saturated heterocycles. The van der Waals surface area contributed by atoms with E-state index in [1.54, 1.807) is 7.11 Å². The van der Waals surface area contributed by atoms with Crippen molar-refractivity contribution < 1.29 is 9.53 Å². The van der Waals surface area contributed by atoms with Crippen molar-refractivity contribution in [1.82, 2.24) is 5.32 Å². The summed E-state index contributed by atoms with van der Waals surface area (Å²) in [5.41, 5.74) is 0.887. The van der Waals surface area contributed by atoms with Crippen molar-refractivity contribution in [1.29, 1.82) is 0 Å². The first-order valence-corrected chi connectivity index (χ1v) is 5.79. The van der Waals surface area contributed by atoms with E-state index in [2.05, 4.69) is 11.9 Å². The zero-order valence-electron chi connectivity index (χ0n) is 10.0. The highest BCUT2D eigenvalue weighted by molar-refractivity contribution is 5.87. The number of benzene rings is 1. The summed E-state index contributed by atoms with van der Waals surface area (Å²) in [5, 5.41) is 3.03. The van der Waals surface area contributed by atoms with Crippen LogP contribution < -0.4 is 10.1 Å². The molecular weight excluding hydrogens is 214 g/mol.